The summed E-state index contributed by atoms with van der Waals surface area (Å²) in [6.07, 6.45) is 0.720. The first kappa shape index (κ1) is 19.2. The molecule has 0 aromatic heterocycles. The first-order chi connectivity index (χ1) is 12.4. The molecule has 26 heavy (non-hydrogen) atoms. The molecule has 0 bridgehead atoms. The van der Waals surface area contributed by atoms with Crippen molar-refractivity contribution in [2.75, 3.05) is 11.9 Å². The predicted octanol–water partition coefficient (Wildman–Crippen LogP) is 4.05. The van der Waals surface area contributed by atoms with Crippen LogP contribution in [0, 0.1) is 13.8 Å². The summed E-state index contributed by atoms with van der Waals surface area (Å²) in [5.74, 6) is -0.316. The van der Waals surface area contributed by atoms with E-state index < -0.39 is 12.1 Å². The van der Waals surface area contributed by atoms with Crippen LogP contribution in [0.1, 0.15) is 28.4 Å². The number of aryl methyl sites for hydroxylation is 2. The standard InChI is InChI=1S/C21H23NO4/c1-5-12-25-18-10-8-17(9-11-18)21(24)26-16(4)20(23)22-19-13-14(2)6-7-15(19)3/h5-11,13,16H,1,12H2,2-4H3,(H,22,23)/t16-/m0/s1. The van der Waals surface area contributed by atoms with Gasteiger partial charge in [0.2, 0.25) is 0 Å². The molecule has 1 amide bonds. The Bertz CT molecular complexity index is 796. The number of benzene rings is 2. The van der Waals surface area contributed by atoms with E-state index in [1.54, 1.807) is 37.3 Å². The lowest BCUT2D eigenvalue weighted by atomic mass is 10.1. The van der Waals surface area contributed by atoms with Gasteiger partial charge in [-0.05, 0) is 62.2 Å². The van der Waals surface area contributed by atoms with Crippen molar-refractivity contribution < 1.29 is 19.1 Å². The molecule has 1 N–H and O–H groups in total. The van der Waals surface area contributed by atoms with Crippen molar-refractivity contribution in [1.82, 2.24) is 0 Å². The fourth-order valence-electron chi connectivity index (χ4n) is 2.23. The van der Waals surface area contributed by atoms with Crippen LogP contribution in [-0.4, -0.2) is 24.6 Å². The highest BCUT2D eigenvalue weighted by molar-refractivity contribution is 5.97. The average Bonchev–Trinajstić information content (AvgIpc) is 2.63. The van der Waals surface area contributed by atoms with E-state index in [1.807, 2.05) is 32.0 Å². The van der Waals surface area contributed by atoms with E-state index in [2.05, 4.69) is 11.9 Å². The van der Waals surface area contributed by atoms with Crippen molar-refractivity contribution in [2.45, 2.75) is 26.9 Å². The van der Waals surface area contributed by atoms with E-state index in [0.29, 0.717) is 23.6 Å². The van der Waals surface area contributed by atoms with Gasteiger partial charge >= 0.3 is 5.97 Å². The van der Waals surface area contributed by atoms with Crippen molar-refractivity contribution >= 4 is 17.6 Å². The zero-order valence-electron chi connectivity index (χ0n) is 15.2. The van der Waals surface area contributed by atoms with E-state index in [-0.39, 0.29) is 5.91 Å². The second-order valence-electron chi connectivity index (χ2n) is 5.98. The molecule has 0 aliphatic carbocycles. The van der Waals surface area contributed by atoms with Crippen LogP contribution in [0.2, 0.25) is 0 Å². The summed E-state index contributed by atoms with van der Waals surface area (Å²) in [7, 11) is 0. The van der Waals surface area contributed by atoms with Crippen LogP contribution in [0.4, 0.5) is 5.69 Å². The van der Waals surface area contributed by atoms with Crippen LogP contribution < -0.4 is 10.1 Å². The quantitative estimate of drug-likeness (QED) is 0.602. The summed E-state index contributed by atoms with van der Waals surface area (Å²) < 4.78 is 10.6. The molecule has 5 heteroatoms. The molecule has 0 aliphatic rings. The molecule has 1 atom stereocenters. The van der Waals surface area contributed by atoms with Crippen LogP contribution in [0.3, 0.4) is 0 Å². The molecular weight excluding hydrogens is 330 g/mol. The molecule has 136 valence electrons. The molecule has 2 rings (SSSR count). The van der Waals surface area contributed by atoms with Crippen molar-refractivity contribution in [3.63, 3.8) is 0 Å². The molecule has 5 nitrogen and oxygen atoms in total. The number of anilines is 1. The van der Waals surface area contributed by atoms with Crippen molar-refractivity contribution in [1.29, 1.82) is 0 Å². The van der Waals surface area contributed by atoms with Gasteiger partial charge in [-0.15, -0.1) is 0 Å². The Morgan fingerprint density at radius 1 is 1.15 bits per heavy atom. The van der Waals surface area contributed by atoms with E-state index in [4.69, 9.17) is 9.47 Å². The highest BCUT2D eigenvalue weighted by Crippen LogP contribution is 2.17. The Kier molecular flexibility index (Phi) is 6.55. The van der Waals surface area contributed by atoms with Crippen LogP contribution in [0.5, 0.6) is 5.75 Å². The van der Waals surface area contributed by atoms with Gasteiger partial charge < -0.3 is 14.8 Å². The van der Waals surface area contributed by atoms with E-state index in [1.165, 1.54) is 0 Å². The first-order valence-electron chi connectivity index (χ1n) is 8.33. The summed E-state index contributed by atoms with van der Waals surface area (Å²) in [5.41, 5.74) is 3.04. The molecule has 0 heterocycles. The van der Waals surface area contributed by atoms with Crippen LogP contribution in [0.15, 0.2) is 55.1 Å². The maximum absolute atomic E-state index is 12.3. The van der Waals surface area contributed by atoms with Crippen LogP contribution in [0.25, 0.3) is 0 Å². The molecule has 0 unspecified atom stereocenters. The molecule has 0 spiro atoms. The van der Waals surface area contributed by atoms with Gasteiger partial charge in [0.1, 0.15) is 12.4 Å². The molecule has 2 aromatic carbocycles. The second-order valence-corrected chi connectivity index (χ2v) is 5.98. The summed E-state index contributed by atoms with van der Waals surface area (Å²) in [6, 6.07) is 12.3. The maximum Gasteiger partial charge on any atom is 0.338 e. The molecule has 0 saturated carbocycles. The Morgan fingerprint density at radius 2 is 1.85 bits per heavy atom. The predicted molar refractivity (Wildman–Crippen MR) is 102 cm³/mol. The number of amides is 1. The fourth-order valence-corrected chi connectivity index (χ4v) is 2.23. The van der Waals surface area contributed by atoms with Gasteiger partial charge in [-0.1, -0.05) is 24.8 Å². The third-order valence-corrected chi connectivity index (χ3v) is 3.76. The summed E-state index contributed by atoms with van der Waals surface area (Å²) >= 11 is 0. The molecule has 0 radical (unpaired) electrons. The molecule has 0 aliphatic heterocycles. The third kappa shape index (κ3) is 5.21. The molecular formula is C21H23NO4. The zero-order valence-corrected chi connectivity index (χ0v) is 15.2. The average molecular weight is 353 g/mol. The lowest BCUT2D eigenvalue weighted by Gasteiger charge is -2.15. The third-order valence-electron chi connectivity index (χ3n) is 3.76. The lowest BCUT2D eigenvalue weighted by molar-refractivity contribution is -0.123. The first-order valence-corrected chi connectivity index (χ1v) is 8.33. The molecule has 0 saturated heterocycles. The van der Waals surface area contributed by atoms with Crippen LogP contribution in [-0.2, 0) is 9.53 Å². The minimum atomic E-state index is -0.917. The molecule has 0 fully saturated rings. The lowest BCUT2D eigenvalue weighted by Crippen LogP contribution is -2.30. The monoisotopic (exact) mass is 353 g/mol. The number of carbonyl (C=O) groups is 2. The van der Waals surface area contributed by atoms with Gasteiger partial charge in [0.25, 0.3) is 5.91 Å². The Hall–Kier alpha value is -3.08. The van der Waals surface area contributed by atoms with Crippen molar-refractivity contribution in [2.24, 2.45) is 0 Å². The molecule has 2 aromatic rings. The second kappa shape index (κ2) is 8.85. The summed E-state index contributed by atoms with van der Waals surface area (Å²) in [6.45, 7) is 9.35. The minimum Gasteiger partial charge on any atom is -0.490 e. The number of nitrogens with one attached hydrogen (secondary N) is 1. The number of carbonyl (C=O) groups excluding carboxylic acids is 2. The Balaban J connectivity index is 1.96. The SMILES string of the molecule is C=CCOc1ccc(C(=O)O[C@@H](C)C(=O)Nc2cc(C)ccc2C)cc1. The fraction of sp³-hybridized carbons (Fsp3) is 0.238. The van der Waals surface area contributed by atoms with Crippen LogP contribution >= 0.6 is 0 Å². The highest BCUT2D eigenvalue weighted by Gasteiger charge is 2.19. The smallest absolute Gasteiger partial charge is 0.338 e. The number of hydrogen-bond acceptors (Lipinski definition) is 4. The summed E-state index contributed by atoms with van der Waals surface area (Å²) in [5, 5.41) is 2.79. The van der Waals surface area contributed by atoms with Gasteiger partial charge in [0.15, 0.2) is 6.10 Å². The van der Waals surface area contributed by atoms with E-state index in [9.17, 15) is 9.59 Å². The minimum absolute atomic E-state index is 0.349. The van der Waals surface area contributed by atoms with Crippen molar-refractivity contribution in [3.05, 3.63) is 71.8 Å². The highest BCUT2D eigenvalue weighted by atomic mass is 16.5. The van der Waals surface area contributed by atoms with Gasteiger partial charge in [0.05, 0.1) is 5.56 Å². The number of ether oxygens (including phenoxy) is 2. The number of hydrogen-bond donors (Lipinski definition) is 1. The zero-order chi connectivity index (χ0) is 19.1. The summed E-state index contributed by atoms with van der Waals surface area (Å²) in [4.78, 5) is 24.5. The van der Waals surface area contributed by atoms with Gasteiger partial charge in [0, 0.05) is 5.69 Å². The number of rotatable bonds is 7. The van der Waals surface area contributed by atoms with E-state index in [0.717, 1.165) is 11.1 Å². The van der Waals surface area contributed by atoms with E-state index >= 15 is 0 Å². The van der Waals surface area contributed by atoms with Gasteiger partial charge in [-0.3, -0.25) is 4.79 Å². The Morgan fingerprint density at radius 3 is 2.50 bits per heavy atom. The van der Waals surface area contributed by atoms with Crippen molar-refractivity contribution in [3.8, 4) is 5.75 Å². The largest absolute Gasteiger partial charge is 0.490 e. The topological polar surface area (TPSA) is 64.6 Å². The van der Waals surface area contributed by atoms with Gasteiger partial charge in [-0.2, -0.15) is 0 Å². The Labute approximate surface area is 153 Å². The number of esters is 1. The van der Waals surface area contributed by atoms with Gasteiger partial charge in [-0.25, -0.2) is 4.79 Å². The normalized spacial score (nSPS) is 11.3. The maximum atomic E-state index is 12.3.